The van der Waals surface area contributed by atoms with Gasteiger partial charge in [0, 0.05) is 35.9 Å². The zero-order chi connectivity index (χ0) is 16.9. The highest BCUT2D eigenvalue weighted by Crippen LogP contribution is 2.17. The fraction of sp³-hybridized carbons (Fsp3) is 0.222. The predicted molar refractivity (Wildman–Crippen MR) is 91.7 cm³/mol. The summed E-state index contributed by atoms with van der Waals surface area (Å²) in [5, 5.41) is 13.7. The third-order valence-corrected chi connectivity index (χ3v) is 3.87. The molecule has 24 heavy (non-hydrogen) atoms. The number of carbonyl (C=O) groups is 1. The molecule has 0 aliphatic heterocycles. The summed E-state index contributed by atoms with van der Waals surface area (Å²) in [4.78, 5) is 26.8. The molecule has 0 aliphatic rings. The van der Waals surface area contributed by atoms with E-state index < -0.39 is 6.10 Å². The second-order valence-corrected chi connectivity index (χ2v) is 5.69. The monoisotopic (exact) mass is 325 g/mol. The molecule has 0 saturated heterocycles. The second kappa shape index (κ2) is 7.14. The van der Waals surface area contributed by atoms with Crippen molar-refractivity contribution in [3.05, 3.63) is 70.8 Å². The van der Waals surface area contributed by atoms with E-state index in [-0.39, 0.29) is 31.0 Å². The zero-order valence-electron chi connectivity index (χ0n) is 13.1. The number of aliphatic hydroxyl groups excluding tert-OH is 1. The van der Waals surface area contributed by atoms with E-state index in [2.05, 4.69) is 10.3 Å². The predicted octanol–water partition coefficient (Wildman–Crippen LogP) is 1.05. The van der Waals surface area contributed by atoms with Gasteiger partial charge < -0.3 is 20.0 Å². The number of nitrogens with zero attached hydrogens (tertiary/aromatic N) is 1. The number of fused-ring (bicyclic) bond motifs is 1. The van der Waals surface area contributed by atoms with Crippen molar-refractivity contribution in [3.63, 3.8) is 0 Å². The van der Waals surface area contributed by atoms with Crippen LogP contribution < -0.4 is 10.9 Å². The molecule has 0 saturated carbocycles. The van der Waals surface area contributed by atoms with Crippen molar-refractivity contribution in [2.45, 2.75) is 19.1 Å². The minimum absolute atomic E-state index is 0.0997. The van der Waals surface area contributed by atoms with Crippen LogP contribution in [0.5, 0.6) is 0 Å². The number of hydrogen-bond donors (Lipinski definition) is 3. The molecule has 0 spiro atoms. The number of nitrogens with one attached hydrogen (secondary N) is 2. The van der Waals surface area contributed by atoms with E-state index in [0.29, 0.717) is 0 Å². The molecular formula is C18H19N3O3. The SMILES string of the molecule is O=C(Cc1c[nH]c2ccccc12)NCC(O)Cn1ccccc1=O. The average molecular weight is 325 g/mol. The van der Waals surface area contributed by atoms with Crippen LogP contribution in [-0.2, 0) is 17.8 Å². The number of H-pyrrole nitrogens is 1. The number of para-hydroxylation sites is 1. The second-order valence-electron chi connectivity index (χ2n) is 5.69. The van der Waals surface area contributed by atoms with Crippen molar-refractivity contribution < 1.29 is 9.90 Å². The third kappa shape index (κ3) is 3.72. The molecule has 1 unspecified atom stereocenters. The van der Waals surface area contributed by atoms with E-state index >= 15 is 0 Å². The summed E-state index contributed by atoms with van der Waals surface area (Å²) in [6, 6.07) is 12.6. The smallest absolute Gasteiger partial charge is 0.250 e. The number of carbonyl (C=O) groups excluding carboxylic acids is 1. The van der Waals surface area contributed by atoms with Gasteiger partial charge in [-0.2, -0.15) is 0 Å². The summed E-state index contributed by atoms with van der Waals surface area (Å²) in [5.41, 5.74) is 1.72. The maximum absolute atomic E-state index is 12.1. The minimum Gasteiger partial charge on any atom is -0.389 e. The van der Waals surface area contributed by atoms with Crippen molar-refractivity contribution >= 4 is 16.8 Å². The first-order valence-corrected chi connectivity index (χ1v) is 7.79. The molecule has 6 nitrogen and oxygen atoms in total. The quantitative estimate of drug-likeness (QED) is 0.633. The Morgan fingerprint density at radius 3 is 2.83 bits per heavy atom. The number of amides is 1. The van der Waals surface area contributed by atoms with Crippen LogP contribution in [0.3, 0.4) is 0 Å². The van der Waals surface area contributed by atoms with Crippen LogP contribution in [0.15, 0.2) is 59.7 Å². The standard InChI is InChI=1S/C18H19N3O3/c22-14(12-21-8-4-3-7-18(21)24)11-20-17(23)9-13-10-19-16-6-2-1-5-15(13)16/h1-8,10,14,19,22H,9,11-12H2,(H,20,23). The molecule has 0 radical (unpaired) electrons. The molecule has 1 aromatic carbocycles. The Morgan fingerprint density at radius 2 is 2.00 bits per heavy atom. The fourth-order valence-corrected chi connectivity index (χ4v) is 2.65. The van der Waals surface area contributed by atoms with E-state index in [4.69, 9.17) is 0 Å². The number of aromatic nitrogens is 2. The Balaban J connectivity index is 1.54. The van der Waals surface area contributed by atoms with Crippen LogP contribution >= 0.6 is 0 Å². The van der Waals surface area contributed by atoms with Crippen molar-refractivity contribution in [1.29, 1.82) is 0 Å². The molecule has 1 amide bonds. The highest BCUT2D eigenvalue weighted by atomic mass is 16.3. The van der Waals surface area contributed by atoms with Crippen LogP contribution in [0.2, 0.25) is 0 Å². The van der Waals surface area contributed by atoms with E-state index in [1.54, 1.807) is 18.3 Å². The fourth-order valence-electron chi connectivity index (χ4n) is 2.65. The van der Waals surface area contributed by atoms with Crippen molar-refractivity contribution in [1.82, 2.24) is 14.9 Å². The van der Waals surface area contributed by atoms with Gasteiger partial charge in [0.15, 0.2) is 0 Å². The molecule has 2 heterocycles. The van der Waals surface area contributed by atoms with Crippen LogP contribution in [0.25, 0.3) is 10.9 Å². The molecule has 0 bridgehead atoms. The van der Waals surface area contributed by atoms with Gasteiger partial charge in [0.25, 0.3) is 5.56 Å². The van der Waals surface area contributed by atoms with Crippen molar-refractivity contribution in [2.75, 3.05) is 6.54 Å². The molecule has 1 atom stereocenters. The third-order valence-electron chi connectivity index (χ3n) is 3.87. The first-order chi connectivity index (χ1) is 11.6. The Labute approximate surface area is 138 Å². The van der Waals surface area contributed by atoms with Gasteiger partial charge in [0.05, 0.1) is 19.1 Å². The number of aromatic amines is 1. The molecule has 0 aliphatic carbocycles. The Bertz CT molecular complexity index is 897. The molecule has 124 valence electrons. The minimum atomic E-state index is -0.822. The summed E-state index contributed by atoms with van der Waals surface area (Å²) in [5.74, 6) is -0.167. The first-order valence-electron chi connectivity index (χ1n) is 7.79. The molecule has 0 fully saturated rings. The van der Waals surface area contributed by atoms with Gasteiger partial charge in [-0.05, 0) is 17.7 Å². The van der Waals surface area contributed by atoms with Crippen molar-refractivity contribution in [2.24, 2.45) is 0 Å². The van der Waals surface area contributed by atoms with Gasteiger partial charge in [0.1, 0.15) is 0 Å². The maximum Gasteiger partial charge on any atom is 0.250 e. The van der Waals surface area contributed by atoms with E-state index in [0.717, 1.165) is 16.5 Å². The highest BCUT2D eigenvalue weighted by molar-refractivity contribution is 5.88. The van der Waals surface area contributed by atoms with Crippen LogP contribution in [0, 0.1) is 0 Å². The van der Waals surface area contributed by atoms with Gasteiger partial charge in [-0.3, -0.25) is 9.59 Å². The lowest BCUT2D eigenvalue weighted by Crippen LogP contribution is -2.37. The van der Waals surface area contributed by atoms with Gasteiger partial charge in [-0.25, -0.2) is 0 Å². The summed E-state index contributed by atoms with van der Waals surface area (Å²) in [7, 11) is 0. The summed E-state index contributed by atoms with van der Waals surface area (Å²) >= 11 is 0. The van der Waals surface area contributed by atoms with Crippen LogP contribution in [0.4, 0.5) is 0 Å². The summed E-state index contributed by atoms with van der Waals surface area (Å²) in [6.07, 6.45) is 2.85. The Hall–Kier alpha value is -2.86. The maximum atomic E-state index is 12.1. The lowest BCUT2D eigenvalue weighted by Gasteiger charge is -2.13. The molecular weight excluding hydrogens is 306 g/mol. The molecule has 3 aromatic rings. The van der Waals surface area contributed by atoms with Gasteiger partial charge in [0.2, 0.25) is 5.91 Å². The summed E-state index contributed by atoms with van der Waals surface area (Å²) < 4.78 is 1.41. The molecule has 3 N–H and O–H groups in total. The normalized spacial score (nSPS) is 12.2. The Morgan fingerprint density at radius 1 is 1.21 bits per heavy atom. The van der Waals surface area contributed by atoms with E-state index in [9.17, 15) is 14.7 Å². The number of benzene rings is 1. The zero-order valence-corrected chi connectivity index (χ0v) is 13.1. The van der Waals surface area contributed by atoms with Gasteiger partial charge in [-0.15, -0.1) is 0 Å². The average Bonchev–Trinajstić information content (AvgIpc) is 2.98. The van der Waals surface area contributed by atoms with Crippen LogP contribution in [-0.4, -0.2) is 33.2 Å². The molecule has 2 aromatic heterocycles. The van der Waals surface area contributed by atoms with Crippen molar-refractivity contribution in [3.8, 4) is 0 Å². The number of aliphatic hydroxyl groups is 1. The highest BCUT2D eigenvalue weighted by Gasteiger charge is 2.11. The molecule has 3 rings (SSSR count). The lowest BCUT2D eigenvalue weighted by molar-refractivity contribution is -0.120. The molecule has 6 heteroatoms. The number of pyridine rings is 1. The van der Waals surface area contributed by atoms with Crippen LogP contribution in [0.1, 0.15) is 5.56 Å². The Kier molecular flexibility index (Phi) is 4.77. The lowest BCUT2D eigenvalue weighted by atomic mass is 10.1. The number of hydrogen-bond acceptors (Lipinski definition) is 3. The van der Waals surface area contributed by atoms with E-state index in [1.807, 2.05) is 30.5 Å². The topological polar surface area (TPSA) is 87.1 Å². The number of rotatable bonds is 6. The van der Waals surface area contributed by atoms with E-state index in [1.165, 1.54) is 10.6 Å². The van der Waals surface area contributed by atoms with Gasteiger partial charge >= 0.3 is 0 Å². The largest absolute Gasteiger partial charge is 0.389 e. The first kappa shape index (κ1) is 16.0. The van der Waals surface area contributed by atoms with Gasteiger partial charge in [-0.1, -0.05) is 24.3 Å². The summed E-state index contributed by atoms with van der Waals surface area (Å²) in [6.45, 7) is 0.246.